The Hall–Kier alpha value is -3.85. The number of nitrogens with zero attached hydrogens (tertiary/aromatic N) is 1. The Kier molecular flexibility index (Phi) is 7.07. The lowest BCUT2D eigenvalue weighted by molar-refractivity contribution is -0.137. The lowest BCUT2D eigenvalue weighted by Gasteiger charge is -2.29. The average molecular weight is 483 g/mol. The lowest BCUT2D eigenvalue weighted by Crippen LogP contribution is -2.39. The minimum Gasteiger partial charge on any atom is -0.352 e. The van der Waals surface area contributed by atoms with Gasteiger partial charge in [-0.1, -0.05) is 36.4 Å². The third-order valence-corrected chi connectivity index (χ3v) is 5.98. The van der Waals surface area contributed by atoms with Crippen LogP contribution in [0.2, 0.25) is 0 Å². The summed E-state index contributed by atoms with van der Waals surface area (Å²) in [5.74, 6) is -0.338. The molecule has 9 heteroatoms. The molecule has 4 rings (SSSR count). The molecule has 182 valence electrons. The molecule has 0 unspecified atom stereocenters. The van der Waals surface area contributed by atoms with Crippen LogP contribution in [0.4, 0.5) is 23.7 Å². The van der Waals surface area contributed by atoms with Crippen LogP contribution in [0.5, 0.6) is 0 Å². The summed E-state index contributed by atoms with van der Waals surface area (Å²) in [6.45, 7) is 2.74. The number of rotatable bonds is 6. The number of nitrogens with one attached hydrogen (secondary N) is 2. The average Bonchev–Trinajstić information content (AvgIpc) is 2.83. The van der Waals surface area contributed by atoms with E-state index in [4.69, 9.17) is 5.73 Å². The van der Waals surface area contributed by atoms with Crippen molar-refractivity contribution in [1.82, 2.24) is 10.2 Å². The molecular weight excluding hydrogens is 457 g/mol. The Morgan fingerprint density at radius 1 is 0.971 bits per heavy atom. The zero-order valence-electron chi connectivity index (χ0n) is 18.9. The number of benzene rings is 3. The molecule has 0 aromatic heterocycles. The zero-order valence-corrected chi connectivity index (χ0v) is 18.9. The van der Waals surface area contributed by atoms with E-state index in [2.05, 4.69) is 15.5 Å². The zero-order chi connectivity index (χ0) is 25.0. The number of alkyl halides is 3. The van der Waals surface area contributed by atoms with Crippen LogP contribution in [0.3, 0.4) is 0 Å². The number of carbonyl (C=O) groups excluding carboxylic acids is 2. The normalized spacial score (nSPS) is 13.7. The first kappa shape index (κ1) is 24.3. The summed E-state index contributed by atoms with van der Waals surface area (Å²) >= 11 is 0. The first-order chi connectivity index (χ1) is 16.7. The first-order valence-corrected chi connectivity index (χ1v) is 11.2. The van der Waals surface area contributed by atoms with E-state index in [1.165, 1.54) is 12.1 Å². The van der Waals surface area contributed by atoms with Gasteiger partial charge in [-0.05, 0) is 59.0 Å². The van der Waals surface area contributed by atoms with Crippen LogP contribution in [-0.4, -0.2) is 36.5 Å². The summed E-state index contributed by atoms with van der Waals surface area (Å²) in [6, 6.07) is 16.8. The van der Waals surface area contributed by atoms with Gasteiger partial charge in [0, 0.05) is 37.4 Å². The second kappa shape index (κ2) is 10.2. The summed E-state index contributed by atoms with van der Waals surface area (Å²) in [4.78, 5) is 26.1. The molecule has 3 amide bonds. The Balaban J connectivity index is 1.46. The van der Waals surface area contributed by atoms with Crippen LogP contribution in [0.25, 0.3) is 11.1 Å². The smallest absolute Gasteiger partial charge is 0.352 e. The van der Waals surface area contributed by atoms with E-state index < -0.39 is 17.8 Å². The largest absolute Gasteiger partial charge is 0.416 e. The van der Waals surface area contributed by atoms with Gasteiger partial charge in [-0.3, -0.25) is 9.69 Å². The fourth-order valence-electron chi connectivity index (χ4n) is 4.19. The van der Waals surface area contributed by atoms with E-state index in [-0.39, 0.29) is 5.91 Å². The number of halogens is 3. The highest BCUT2D eigenvalue weighted by atomic mass is 19.4. The van der Waals surface area contributed by atoms with E-state index in [1.54, 1.807) is 24.3 Å². The summed E-state index contributed by atoms with van der Waals surface area (Å²) in [7, 11) is 0. The Morgan fingerprint density at radius 2 is 1.71 bits per heavy atom. The molecule has 0 saturated heterocycles. The van der Waals surface area contributed by atoms with Crippen LogP contribution in [0, 0.1) is 0 Å². The van der Waals surface area contributed by atoms with Crippen LogP contribution in [0.15, 0.2) is 66.7 Å². The van der Waals surface area contributed by atoms with Crippen molar-refractivity contribution in [1.29, 1.82) is 0 Å². The molecule has 3 aromatic rings. The van der Waals surface area contributed by atoms with E-state index >= 15 is 0 Å². The fourth-order valence-corrected chi connectivity index (χ4v) is 4.19. The fraction of sp³-hybridized carbons (Fsp3) is 0.231. The number of fused-ring (bicyclic) bond motifs is 1. The molecule has 1 heterocycles. The van der Waals surface area contributed by atoms with Gasteiger partial charge >= 0.3 is 12.2 Å². The van der Waals surface area contributed by atoms with Gasteiger partial charge in [0.25, 0.3) is 5.91 Å². The third-order valence-electron chi connectivity index (χ3n) is 5.98. The maximum absolute atomic E-state index is 13.1. The van der Waals surface area contributed by atoms with Gasteiger partial charge in [0.05, 0.1) is 5.56 Å². The summed E-state index contributed by atoms with van der Waals surface area (Å²) < 4.78 is 38.7. The van der Waals surface area contributed by atoms with Crippen molar-refractivity contribution in [2.24, 2.45) is 5.73 Å². The Labute approximate surface area is 200 Å². The predicted octanol–water partition coefficient (Wildman–Crippen LogP) is 4.65. The van der Waals surface area contributed by atoms with Crippen LogP contribution in [-0.2, 0) is 19.1 Å². The molecule has 1 aliphatic heterocycles. The molecule has 4 N–H and O–H groups in total. The van der Waals surface area contributed by atoms with Gasteiger partial charge < -0.3 is 16.4 Å². The van der Waals surface area contributed by atoms with Crippen molar-refractivity contribution in [2.45, 2.75) is 19.1 Å². The topological polar surface area (TPSA) is 87.5 Å². The molecule has 0 radical (unpaired) electrons. The number of carbonyl (C=O) groups is 2. The molecule has 0 aliphatic carbocycles. The minimum atomic E-state index is -4.42. The van der Waals surface area contributed by atoms with E-state index in [0.717, 1.165) is 42.8 Å². The quantitative estimate of drug-likeness (QED) is 0.478. The number of anilines is 1. The molecule has 6 nitrogen and oxygen atoms in total. The van der Waals surface area contributed by atoms with Crippen molar-refractivity contribution < 1.29 is 22.8 Å². The Bertz CT molecular complexity index is 1230. The third kappa shape index (κ3) is 5.99. The lowest BCUT2D eigenvalue weighted by atomic mass is 9.97. The second-order valence-corrected chi connectivity index (χ2v) is 8.38. The van der Waals surface area contributed by atoms with Gasteiger partial charge in [-0.15, -0.1) is 0 Å². The highest BCUT2D eigenvalue weighted by Crippen LogP contribution is 2.32. The molecule has 0 saturated carbocycles. The number of hydrogen-bond acceptors (Lipinski definition) is 3. The van der Waals surface area contributed by atoms with Crippen molar-refractivity contribution in [2.75, 3.05) is 25.0 Å². The Morgan fingerprint density at radius 3 is 2.43 bits per heavy atom. The molecule has 1 aliphatic rings. The van der Waals surface area contributed by atoms with Gasteiger partial charge in [-0.2, -0.15) is 13.2 Å². The monoisotopic (exact) mass is 482 g/mol. The highest BCUT2D eigenvalue weighted by molar-refractivity contribution is 6.08. The number of primary amides is 1. The summed E-state index contributed by atoms with van der Waals surface area (Å²) in [6.07, 6.45) is -3.61. The van der Waals surface area contributed by atoms with Gasteiger partial charge in [0.2, 0.25) is 0 Å². The molecule has 35 heavy (non-hydrogen) atoms. The SMILES string of the molecule is NC(=O)NCCN1CCc2cc(NC(=O)c3ccccc3-c3ccc(C(F)(F)F)cc3)ccc2C1. The van der Waals surface area contributed by atoms with Crippen molar-refractivity contribution in [3.05, 3.63) is 89.0 Å². The molecule has 0 spiro atoms. The molecule has 0 fully saturated rings. The molecule has 0 bridgehead atoms. The van der Waals surface area contributed by atoms with Crippen molar-refractivity contribution in [3.8, 4) is 11.1 Å². The van der Waals surface area contributed by atoms with Crippen LogP contribution >= 0.6 is 0 Å². The highest BCUT2D eigenvalue weighted by Gasteiger charge is 2.30. The number of urea groups is 1. The van der Waals surface area contributed by atoms with Crippen LogP contribution < -0.4 is 16.4 Å². The molecule has 3 aromatic carbocycles. The predicted molar refractivity (Wildman–Crippen MR) is 128 cm³/mol. The maximum Gasteiger partial charge on any atom is 0.416 e. The van der Waals surface area contributed by atoms with E-state index in [1.807, 2.05) is 18.2 Å². The standard InChI is InChI=1S/C26H25F3N4O2/c27-26(28,29)20-8-5-17(6-9-20)22-3-1-2-4-23(22)24(34)32-21-10-7-19-16-33(13-11-18(19)15-21)14-12-31-25(30)35/h1-10,15H,11-14,16H2,(H,32,34)(H3,30,31,35). The molecule has 0 atom stereocenters. The van der Waals surface area contributed by atoms with Gasteiger partial charge in [0.15, 0.2) is 0 Å². The van der Waals surface area contributed by atoms with Crippen molar-refractivity contribution >= 4 is 17.6 Å². The minimum absolute atomic E-state index is 0.338. The molecular formula is C26H25F3N4O2. The van der Waals surface area contributed by atoms with Gasteiger partial charge in [-0.25, -0.2) is 4.79 Å². The van der Waals surface area contributed by atoms with Gasteiger partial charge in [0.1, 0.15) is 0 Å². The van der Waals surface area contributed by atoms with E-state index in [0.29, 0.717) is 35.5 Å². The number of hydrogen-bond donors (Lipinski definition) is 3. The summed E-state index contributed by atoms with van der Waals surface area (Å²) in [5.41, 5.74) is 8.76. The summed E-state index contributed by atoms with van der Waals surface area (Å²) in [5, 5.41) is 5.51. The second-order valence-electron chi connectivity index (χ2n) is 8.38. The van der Waals surface area contributed by atoms with Crippen LogP contribution in [0.1, 0.15) is 27.0 Å². The number of nitrogens with two attached hydrogens (primary N) is 1. The van der Waals surface area contributed by atoms with E-state index in [9.17, 15) is 22.8 Å². The first-order valence-electron chi connectivity index (χ1n) is 11.2. The maximum atomic E-state index is 13.1. The van der Waals surface area contributed by atoms with Crippen molar-refractivity contribution in [3.63, 3.8) is 0 Å². The number of amides is 3.